The molecular weight excluding hydrogens is 180 g/mol. The Labute approximate surface area is 83.0 Å². The van der Waals surface area contributed by atoms with Gasteiger partial charge in [-0.15, -0.1) is 0 Å². The molecule has 1 rings (SSSR count). The van der Waals surface area contributed by atoms with Crippen molar-refractivity contribution < 1.29 is 9.90 Å². The maximum absolute atomic E-state index is 10.5. The molecule has 0 aliphatic heterocycles. The zero-order valence-corrected chi connectivity index (χ0v) is 8.61. The fourth-order valence-electron chi connectivity index (χ4n) is 1.41. The Hall–Kier alpha value is -1.45. The van der Waals surface area contributed by atoms with E-state index in [1.807, 2.05) is 20.8 Å². The minimum absolute atomic E-state index is 0.0609. The number of rotatable bonds is 3. The summed E-state index contributed by atoms with van der Waals surface area (Å²) in [4.78, 5) is 18.7. The van der Waals surface area contributed by atoms with Crippen LogP contribution in [0.25, 0.3) is 0 Å². The average Bonchev–Trinajstić information content (AvgIpc) is 2.08. The van der Waals surface area contributed by atoms with Gasteiger partial charge in [0.05, 0.1) is 12.1 Å². The maximum Gasteiger partial charge on any atom is 0.304 e. The minimum Gasteiger partial charge on any atom is -0.481 e. The van der Waals surface area contributed by atoms with E-state index in [1.54, 1.807) is 0 Å². The van der Waals surface area contributed by atoms with Gasteiger partial charge in [0, 0.05) is 11.6 Å². The van der Waals surface area contributed by atoms with Crippen LogP contribution < -0.4 is 0 Å². The largest absolute Gasteiger partial charge is 0.481 e. The molecule has 1 unspecified atom stereocenters. The Morgan fingerprint density at radius 3 is 2.71 bits per heavy atom. The molecule has 0 radical (unpaired) electrons. The van der Waals surface area contributed by atoms with Crippen LogP contribution in [0.2, 0.25) is 0 Å². The van der Waals surface area contributed by atoms with Crippen LogP contribution in [0, 0.1) is 13.8 Å². The highest BCUT2D eigenvalue weighted by atomic mass is 16.4. The quantitative estimate of drug-likeness (QED) is 0.795. The molecule has 0 saturated heterocycles. The van der Waals surface area contributed by atoms with Gasteiger partial charge in [-0.2, -0.15) is 0 Å². The van der Waals surface area contributed by atoms with Gasteiger partial charge in [-0.25, -0.2) is 9.97 Å². The minimum atomic E-state index is -0.798. The van der Waals surface area contributed by atoms with Crippen molar-refractivity contribution in [2.24, 2.45) is 0 Å². The number of aryl methyl sites for hydroxylation is 1. The third-order valence-corrected chi connectivity index (χ3v) is 2.32. The predicted molar refractivity (Wildman–Crippen MR) is 52.2 cm³/mol. The summed E-state index contributed by atoms with van der Waals surface area (Å²) in [6.45, 7) is 5.68. The van der Waals surface area contributed by atoms with Gasteiger partial charge < -0.3 is 5.11 Å². The lowest BCUT2D eigenvalue weighted by Gasteiger charge is -2.11. The first-order valence-corrected chi connectivity index (χ1v) is 4.52. The van der Waals surface area contributed by atoms with Crippen LogP contribution in [-0.4, -0.2) is 21.0 Å². The van der Waals surface area contributed by atoms with Crippen LogP contribution >= 0.6 is 0 Å². The molecule has 14 heavy (non-hydrogen) atoms. The van der Waals surface area contributed by atoms with E-state index in [0.717, 1.165) is 17.0 Å². The van der Waals surface area contributed by atoms with E-state index in [1.165, 1.54) is 6.33 Å². The lowest BCUT2D eigenvalue weighted by molar-refractivity contribution is -0.137. The first-order chi connectivity index (χ1) is 6.52. The first-order valence-electron chi connectivity index (χ1n) is 4.52. The van der Waals surface area contributed by atoms with Gasteiger partial charge in [0.25, 0.3) is 0 Å². The summed E-state index contributed by atoms with van der Waals surface area (Å²) in [5.41, 5.74) is 2.73. The number of nitrogens with zero attached hydrogens (tertiary/aromatic N) is 2. The Morgan fingerprint density at radius 2 is 2.14 bits per heavy atom. The zero-order chi connectivity index (χ0) is 10.7. The van der Waals surface area contributed by atoms with Gasteiger partial charge in [-0.3, -0.25) is 4.79 Å². The lowest BCUT2D eigenvalue weighted by atomic mass is 9.99. The molecule has 1 atom stereocenters. The van der Waals surface area contributed by atoms with Crippen LogP contribution in [0.1, 0.15) is 36.2 Å². The predicted octanol–water partition coefficient (Wildman–Crippen LogP) is 1.67. The van der Waals surface area contributed by atoms with Crippen molar-refractivity contribution in [1.82, 2.24) is 9.97 Å². The second-order valence-corrected chi connectivity index (χ2v) is 3.47. The standard InChI is InChI=1S/C10H14N2O2/c1-6(4-9(13)14)10-7(2)8(3)11-5-12-10/h5-6H,4H2,1-3H3,(H,13,14). The lowest BCUT2D eigenvalue weighted by Crippen LogP contribution is -2.08. The molecule has 1 aromatic heterocycles. The van der Waals surface area contributed by atoms with Crippen molar-refractivity contribution in [2.75, 3.05) is 0 Å². The molecule has 0 saturated carbocycles. The highest BCUT2D eigenvalue weighted by Gasteiger charge is 2.14. The molecule has 0 bridgehead atoms. The Kier molecular flexibility index (Phi) is 3.17. The van der Waals surface area contributed by atoms with Gasteiger partial charge >= 0.3 is 5.97 Å². The second-order valence-electron chi connectivity index (χ2n) is 3.47. The fraction of sp³-hybridized carbons (Fsp3) is 0.500. The smallest absolute Gasteiger partial charge is 0.304 e. The van der Waals surface area contributed by atoms with Gasteiger partial charge in [-0.05, 0) is 19.4 Å². The van der Waals surface area contributed by atoms with Crippen molar-refractivity contribution in [2.45, 2.75) is 33.1 Å². The molecule has 0 fully saturated rings. The van der Waals surface area contributed by atoms with Crippen LogP contribution in [0.4, 0.5) is 0 Å². The molecule has 4 nitrogen and oxygen atoms in total. The van der Waals surface area contributed by atoms with Gasteiger partial charge in [-0.1, -0.05) is 6.92 Å². The highest BCUT2D eigenvalue weighted by Crippen LogP contribution is 2.20. The Morgan fingerprint density at radius 1 is 1.50 bits per heavy atom. The maximum atomic E-state index is 10.5. The molecule has 0 aliphatic carbocycles. The molecular formula is C10H14N2O2. The summed E-state index contributed by atoms with van der Waals surface area (Å²) >= 11 is 0. The topological polar surface area (TPSA) is 63.1 Å². The van der Waals surface area contributed by atoms with Crippen LogP contribution in [0.5, 0.6) is 0 Å². The molecule has 0 aromatic carbocycles. The van der Waals surface area contributed by atoms with Crippen molar-refractivity contribution in [3.8, 4) is 0 Å². The normalized spacial score (nSPS) is 12.5. The molecule has 0 spiro atoms. The average molecular weight is 194 g/mol. The summed E-state index contributed by atoms with van der Waals surface area (Å²) < 4.78 is 0. The van der Waals surface area contributed by atoms with E-state index in [0.29, 0.717) is 0 Å². The first kappa shape index (κ1) is 10.6. The highest BCUT2D eigenvalue weighted by molar-refractivity contribution is 5.67. The van der Waals surface area contributed by atoms with Crippen molar-refractivity contribution in [1.29, 1.82) is 0 Å². The summed E-state index contributed by atoms with van der Waals surface area (Å²) in [6, 6.07) is 0. The molecule has 1 aromatic rings. The SMILES string of the molecule is Cc1ncnc(C(C)CC(=O)O)c1C. The summed E-state index contributed by atoms with van der Waals surface area (Å²) in [5, 5.41) is 8.66. The fourth-order valence-corrected chi connectivity index (χ4v) is 1.41. The van der Waals surface area contributed by atoms with E-state index < -0.39 is 5.97 Å². The van der Waals surface area contributed by atoms with Crippen molar-refractivity contribution in [3.05, 3.63) is 23.3 Å². The third-order valence-electron chi connectivity index (χ3n) is 2.32. The van der Waals surface area contributed by atoms with Crippen LogP contribution in [0.15, 0.2) is 6.33 Å². The number of hydrogen-bond acceptors (Lipinski definition) is 3. The number of carbonyl (C=O) groups is 1. The molecule has 1 N–H and O–H groups in total. The van der Waals surface area contributed by atoms with E-state index in [4.69, 9.17) is 5.11 Å². The van der Waals surface area contributed by atoms with Gasteiger partial charge in [0.1, 0.15) is 6.33 Å². The zero-order valence-electron chi connectivity index (χ0n) is 8.61. The Balaban J connectivity index is 2.95. The molecule has 0 aliphatic rings. The van der Waals surface area contributed by atoms with Crippen molar-refractivity contribution >= 4 is 5.97 Å². The van der Waals surface area contributed by atoms with Gasteiger partial charge in [0.15, 0.2) is 0 Å². The summed E-state index contributed by atoms with van der Waals surface area (Å²) in [5.74, 6) is -0.859. The van der Waals surface area contributed by atoms with Crippen molar-refractivity contribution in [3.63, 3.8) is 0 Å². The number of aliphatic carboxylic acids is 1. The number of aromatic nitrogens is 2. The molecule has 1 heterocycles. The number of carboxylic acid groups (broad SMARTS) is 1. The number of carboxylic acids is 1. The van der Waals surface area contributed by atoms with E-state index in [-0.39, 0.29) is 12.3 Å². The summed E-state index contributed by atoms with van der Waals surface area (Å²) in [6.07, 6.45) is 1.59. The van der Waals surface area contributed by atoms with E-state index >= 15 is 0 Å². The second kappa shape index (κ2) is 4.17. The van der Waals surface area contributed by atoms with Crippen LogP contribution in [-0.2, 0) is 4.79 Å². The van der Waals surface area contributed by atoms with Gasteiger partial charge in [0.2, 0.25) is 0 Å². The molecule has 76 valence electrons. The third kappa shape index (κ3) is 2.28. The monoisotopic (exact) mass is 194 g/mol. The van der Waals surface area contributed by atoms with Crippen LogP contribution in [0.3, 0.4) is 0 Å². The molecule has 4 heteroatoms. The van der Waals surface area contributed by atoms with E-state index in [9.17, 15) is 4.79 Å². The number of hydrogen-bond donors (Lipinski definition) is 1. The summed E-state index contributed by atoms with van der Waals surface area (Å²) in [7, 11) is 0. The Bertz CT molecular complexity index is 350. The van der Waals surface area contributed by atoms with E-state index in [2.05, 4.69) is 9.97 Å². The molecule has 0 amide bonds.